The second kappa shape index (κ2) is 8.51. The number of imidazole rings is 1. The first-order valence-electron chi connectivity index (χ1n) is 9.57. The smallest absolute Gasteiger partial charge is 0.263 e. The largest absolute Gasteiger partial charge is 0.483 e. The van der Waals surface area contributed by atoms with Crippen LogP contribution in [0.5, 0.6) is 5.75 Å². The molecule has 0 spiro atoms. The van der Waals surface area contributed by atoms with Crippen molar-refractivity contribution in [3.63, 3.8) is 0 Å². The Morgan fingerprint density at radius 3 is 2.63 bits per heavy atom. The highest BCUT2D eigenvalue weighted by atomic mass is 32.1. The number of rotatable bonds is 6. The van der Waals surface area contributed by atoms with Gasteiger partial charge in [0.1, 0.15) is 17.4 Å². The molecule has 2 aromatic heterocycles. The van der Waals surface area contributed by atoms with Crippen molar-refractivity contribution in [2.45, 2.75) is 20.8 Å². The van der Waals surface area contributed by atoms with Crippen molar-refractivity contribution in [1.29, 1.82) is 0 Å². The number of nitrogens with one attached hydrogen (secondary N) is 1. The van der Waals surface area contributed by atoms with Crippen molar-refractivity contribution >= 4 is 23.1 Å². The van der Waals surface area contributed by atoms with E-state index in [-0.39, 0.29) is 12.5 Å². The molecule has 1 N–H and O–H groups in total. The van der Waals surface area contributed by atoms with Crippen LogP contribution < -0.4 is 10.1 Å². The van der Waals surface area contributed by atoms with E-state index in [0.29, 0.717) is 11.6 Å². The summed E-state index contributed by atoms with van der Waals surface area (Å²) in [6.07, 6.45) is 1.63. The summed E-state index contributed by atoms with van der Waals surface area (Å²) in [5.74, 6) is 1.75. The number of amides is 1. The number of benzene rings is 2. The fraction of sp³-hybridized carbons (Fsp3) is 0.174. The van der Waals surface area contributed by atoms with Gasteiger partial charge in [-0.2, -0.15) is 0 Å². The van der Waals surface area contributed by atoms with Gasteiger partial charge in [0.05, 0.1) is 11.9 Å². The molecule has 30 heavy (non-hydrogen) atoms. The molecule has 0 fully saturated rings. The van der Waals surface area contributed by atoms with Crippen LogP contribution in [-0.4, -0.2) is 27.0 Å². The Bertz CT molecular complexity index is 1180. The Hall–Kier alpha value is -3.45. The molecule has 152 valence electrons. The van der Waals surface area contributed by atoms with E-state index < -0.39 is 0 Å². The number of hydrogen-bond acceptors (Lipinski definition) is 5. The van der Waals surface area contributed by atoms with Crippen LogP contribution in [0.15, 0.2) is 60.1 Å². The molecule has 0 aliphatic rings. The minimum atomic E-state index is -0.255. The molecule has 1 amide bonds. The lowest BCUT2D eigenvalue weighted by Gasteiger charge is -2.10. The van der Waals surface area contributed by atoms with Gasteiger partial charge in [-0.1, -0.05) is 48.0 Å². The summed E-state index contributed by atoms with van der Waals surface area (Å²) < 4.78 is 7.48. The van der Waals surface area contributed by atoms with Gasteiger partial charge in [-0.3, -0.25) is 9.36 Å². The van der Waals surface area contributed by atoms with Gasteiger partial charge >= 0.3 is 0 Å². The lowest BCUT2D eigenvalue weighted by atomic mass is 10.1. The van der Waals surface area contributed by atoms with Crippen LogP contribution in [0.2, 0.25) is 0 Å². The number of ether oxygens (including phenoxy) is 1. The van der Waals surface area contributed by atoms with Crippen LogP contribution >= 0.6 is 11.3 Å². The molecular weight excluding hydrogens is 396 g/mol. The predicted octanol–water partition coefficient (Wildman–Crippen LogP) is 4.94. The van der Waals surface area contributed by atoms with Crippen LogP contribution in [0.3, 0.4) is 0 Å². The van der Waals surface area contributed by atoms with Crippen LogP contribution in [0, 0.1) is 20.8 Å². The molecule has 0 aliphatic heterocycles. The Kier molecular flexibility index (Phi) is 5.63. The zero-order chi connectivity index (χ0) is 21.1. The van der Waals surface area contributed by atoms with Crippen molar-refractivity contribution in [1.82, 2.24) is 14.5 Å². The summed E-state index contributed by atoms with van der Waals surface area (Å²) in [6.45, 7) is 5.80. The molecule has 0 aliphatic carbocycles. The fourth-order valence-corrected chi connectivity index (χ4v) is 3.93. The Balaban J connectivity index is 1.50. The van der Waals surface area contributed by atoms with Crippen molar-refractivity contribution in [2.75, 3.05) is 11.9 Å². The number of carbonyl (C=O) groups excluding carboxylic acids is 1. The highest BCUT2D eigenvalue weighted by Gasteiger charge is 2.15. The fourth-order valence-electron chi connectivity index (χ4n) is 3.04. The average molecular weight is 419 g/mol. The number of hydrogen-bond donors (Lipinski definition) is 1. The van der Waals surface area contributed by atoms with Crippen molar-refractivity contribution < 1.29 is 9.53 Å². The van der Waals surface area contributed by atoms with Crippen molar-refractivity contribution in [3.05, 3.63) is 77.1 Å². The molecule has 0 radical (unpaired) electrons. The third-order valence-corrected chi connectivity index (χ3v) is 5.51. The maximum atomic E-state index is 12.5. The topological polar surface area (TPSA) is 69.0 Å². The van der Waals surface area contributed by atoms with Gasteiger partial charge in [-0.25, -0.2) is 9.97 Å². The van der Waals surface area contributed by atoms with Crippen molar-refractivity contribution in [2.24, 2.45) is 0 Å². The van der Waals surface area contributed by atoms with E-state index >= 15 is 0 Å². The molecular formula is C23H22N4O2S. The third kappa shape index (κ3) is 4.26. The first-order chi connectivity index (χ1) is 14.5. The number of carbonyl (C=O) groups is 1. The van der Waals surface area contributed by atoms with Gasteiger partial charge in [0, 0.05) is 10.9 Å². The first kappa shape index (κ1) is 19.8. The zero-order valence-corrected chi connectivity index (χ0v) is 17.9. The molecule has 0 unspecified atom stereocenters. The van der Waals surface area contributed by atoms with Gasteiger partial charge in [-0.05, 0) is 32.4 Å². The second-order valence-corrected chi connectivity index (χ2v) is 7.85. The van der Waals surface area contributed by atoms with Crippen molar-refractivity contribution in [3.8, 4) is 22.1 Å². The van der Waals surface area contributed by atoms with Crippen LogP contribution in [0.25, 0.3) is 16.4 Å². The molecule has 4 rings (SSSR count). The van der Waals surface area contributed by atoms with E-state index in [0.717, 1.165) is 27.8 Å². The molecule has 7 heteroatoms. The zero-order valence-electron chi connectivity index (χ0n) is 17.0. The van der Waals surface area contributed by atoms with E-state index in [2.05, 4.69) is 41.5 Å². The lowest BCUT2D eigenvalue weighted by Crippen LogP contribution is -2.22. The first-order valence-corrected chi connectivity index (χ1v) is 10.4. The Morgan fingerprint density at radius 1 is 1.10 bits per heavy atom. The van der Waals surface area contributed by atoms with Gasteiger partial charge < -0.3 is 10.1 Å². The summed E-state index contributed by atoms with van der Waals surface area (Å²) in [6, 6.07) is 15.9. The maximum absolute atomic E-state index is 12.5. The summed E-state index contributed by atoms with van der Waals surface area (Å²) in [5, 5.41) is 5.63. The molecule has 6 nitrogen and oxygen atoms in total. The molecule has 0 atom stereocenters. The number of anilines is 1. The summed E-state index contributed by atoms with van der Waals surface area (Å²) in [7, 11) is 0. The monoisotopic (exact) mass is 418 g/mol. The highest BCUT2D eigenvalue weighted by Crippen LogP contribution is 2.27. The van der Waals surface area contributed by atoms with Crippen LogP contribution in [0.4, 0.5) is 5.82 Å². The second-order valence-electron chi connectivity index (χ2n) is 7.01. The lowest BCUT2D eigenvalue weighted by molar-refractivity contribution is -0.118. The van der Waals surface area contributed by atoms with Gasteiger partial charge in [0.2, 0.25) is 0 Å². The van der Waals surface area contributed by atoms with E-state index in [4.69, 9.17) is 9.72 Å². The van der Waals surface area contributed by atoms with E-state index in [1.54, 1.807) is 6.20 Å². The van der Waals surface area contributed by atoms with E-state index in [9.17, 15) is 4.79 Å². The summed E-state index contributed by atoms with van der Waals surface area (Å²) in [4.78, 5) is 21.5. The number of nitrogens with zero attached hydrogens (tertiary/aromatic N) is 3. The van der Waals surface area contributed by atoms with Crippen LogP contribution in [0.1, 0.15) is 17.0 Å². The van der Waals surface area contributed by atoms with Crippen LogP contribution in [-0.2, 0) is 4.79 Å². The van der Waals surface area contributed by atoms with E-state index in [1.165, 1.54) is 16.9 Å². The maximum Gasteiger partial charge on any atom is 0.263 e. The van der Waals surface area contributed by atoms with Gasteiger partial charge in [-0.15, -0.1) is 11.3 Å². The minimum Gasteiger partial charge on any atom is -0.483 e. The third-order valence-electron chi connectivity index (χ3n) is 4.69. The quantitative estimate of drug-likeness (QED) is 0.482. The molecule has 0 saturated heterocycles. The number of para-hydroxylation sites is 1. The number of thiazole rings is 1. The predicted molar refractivity (Wildman–Crippen MR) is 119 cm³/mol. The SMILES string of the molecule is Cc1ccc(-c2csc(-n3c(NC(=O)COc4ccccc4C)cnc3C)n2)cc1. The Morgan fingerprint density at radius 2 is 1.87 bits per heavy atom. The van der Waals surface area contributed by atoms with Gasteiger partial charge in [0.25, 0.3) is 5.91 Å². The summed E-state index contributed by atoms with van der Waals surface area (Å²) in [5.41, 5.74) is 4.14. The molecule has 2 aromatic carbocycles. The summed E-state index contributed by atoms with van der Waals surface area (Å²) >= 11 is 1.50. The van der Waals surface area contributed by atoms with Gasteiger partial charge in [0.15, 0.2) is 11.7 Å². The standard InChI is InChI=1S/C23H22N4O2S/c1-15-8-10-18(11-9-15)19-14-30-23(25-19)27-17(3)24-12-21(27)26-22(28)13-29-20-7-5-4-6-16(20)2/h4-12,14H,13H2,1-3H3,(H,26,28). The van der Waals surface area contributed by atoms with E-state index in [1.807, 2.05) is 48.1 Å². The molecule has 2 heterocycles. The molecule has 4 aromatic rings. The molecule has 0 bridgehead atoms. The average Bonchev–Trinajstić information content (AvgIpc) is 3.35. The number of aromatic nitrogens is 3. The molecule has 0 saturated carbocycles. The highest BCUT2D eigenvalue weighted by molar-refractivity contribution is 7.12. The normalized spacial score (nSPS) is 10.8. The minimum absolute atomic E-state index is 0.0818. The number of aryl methyl sites for hydroxylation is 3. The Labute approximate surface area is 179 Å².